The van der Waals surface area contributed by atoms with Crippen molar-refractivity contribution in [2.45, 2.75) is 49.8 Å². The smallest absolute Gasteiger partial charge is 0.378 e. The molecule has 1 unspecified atom stereocenters. The van der Waals surface area contributed by atoms with Crippen LogP contribution in [-0.4, -0.2) is 56.7 Å². The van der Waals surface area contributed by atoms with Gasteiger partial charge >= 0.3 is 23.5 Å². The molecule has 0 aromatic carbocycles. The molecule has 0 aliphatic rings. The SMILES string of the molecule is CC(C)OCCS(=O)(=O)C(F)(F)C(F)OC(F)(F)C(F)(F)C(F)(F)F. The van der Waals surface area contributed by atoms with Gasteiger partial charge < -0.3 is 4.74 Å². The first kappa shape index (κ1) is 24.2. The van der Waals surface area contributed by atoms with Crippen LogP contribution in [0.4, 0.5) is 43.9 Å². The summed E-state index contributed by atoms with van der Waals surface area (Å²) in [6.07, 6.45) is -19.4. The Kier molecular flexibility index (Phi) is 7.18. The molecule has 0 saturated carbocycles. The summed E-state index contributed by atoms with van der Waals surface area (Å²) in [4.78, 5) is 0. The number of ether oxygens (including phenoxy) is 2. The first-order chi connectivity index (χ1) is 10.8. The minimum Gasteiger partial charge on any atom is -0.378 e. The number of alkyl halides is 10. The molecule has 0 rings (SSSR count). The summed E-state index contributed by atoms with van der Waals surface area (Å²) in [6.45, 7) is 1.76. The highest BCUT2D eigenvalue weighted by Crippen LogP contribution is 2.48. The average molecular weight is 418 g/mol. The van der Waals surface area contributed by atoms with Crippen molar-refractivity contribution in [3.05, 3.63) is 0 Å². The number of halogens is 10. The van der Waals surface area contributed by atoms with Gasteiger partial charge in [-0.1, -0.05) is 0 Å². The molecule has 0 aliphatic carbocycles. The molecule has 0 heterocycles. The third-order valence-corrected chi connectivity index (χ3v) is 4.17. The van der Waals surface area contributed by atoms with Crippen LogP contribution in [0.2, 0.25) is 0 Å². The van der Waals surface area contributed by atoms with Crippen LogP contribution < -0.4 is 0 Å². The number of hydrogen-bond acceptors (Lipinski definition) is 4. The van der Waals surface area contributed by atoms with Crippen molar-refractivity contribution in [2.24, 2.45) is 0 Å². The van der Waals surface area contributed by atoms with E-state index in [-0.39, 0.29) is 0 Å². The van der Waals surface area contributed by atoms with Crippen LogP contribution in [0, 0.1) is 0 Å². The summed E-state index contributed by atoms with van der Waals surface area (Å²) in [7, 11) is -5.93. The summed E-state index contributed by atoms with van der Waals surface area (Å²) in [5.74, 6) is -8.69. The molecular formula is C10H12F10O4S. The number of hydrogen-bond donors (Lipinski definition) is 0. The molecule has 25 heavy (non-hydrogen) atoms. The summed E-state index contributed by atoms with van der Waals surface area (Å²) in [5, 5.41) is -5.83. The summed E-state index contributed by atoms with van der Waals surface area (Å²) in [5.41, 5.74) is 0. The quantitative estimate of drug-likeness (QED) is 0.538. The van der Waals surface area contributed by atoms with E-state index < -0.39 is 58.1 Å². The second-order valence-corrected chi connectivity index (χ2v) is 7.01. The minimum absolute atomic E-state index is 0.656. The molecule has 0 N–H and O–H groups in total. The predicted molar refractivity (Wildman–Crippen MR) is 61.8 cm³/mol. The third kappa shape index (κ3) is 5.32. The van der Waals surface area contributed by atoms with Crippen molar-refractivity contribution >= 4 is 9.84 Å². The van der Waals surface area contributed by atoms with E-state index in [1.54, 1.807) is 0 Å². The molecule has 0 aromatic rings. The highest BCUT2D eigenvalue weighted by Gasteiger charge is 2.76. The van der Waals surface area contributed by atoms with Crippen LogP contribution in [-0.2, 0) is 19.3 Å². The van der Waals surface area contributed by atoms with E-state index in [9.17, 15) is 52.3 Å². The molecular weight excluding hydrogens is 406 g/mol. The van der Waals surface area contributed by atoms with Gasteiger partial charge in [-0.3, -0.25) is 4.74 Å². The summed E-state index contributed by atoms with van der Waals surface area (Å²) in [6, 6.07) is 0. The maximum absolute atomic E-state index is 13.3. The van der Waals surface area contributed by atoms with Gasteiger partial charge in [0, 0.05) is 0 Å². The summed E-state index contributed by atoms with van der Waals surface area (Å²) < 4.78 is 155. The Morgan fingerprint density at radius 2 is 1.36 bits per heavy atom. The van der Waals surface area contributed by atoms with Crippen molar-refractivity contribution < 1.29 is 61.8 Å². The topological polar surface area (TPSA) is 52.6 Å². The van der Waals surface area contributed by atoms with Crippen molar-refractivity contribution in [1.29, 1.82) is 0 Å². The van der Waals surface area contributed by atoms with E-state index in [1.165, 1.54) is 13.8 Å². The zero-order valence-corrected chi connectivity index (χ0v) is 13.2. The van der Waals surface area contributed by atoms with E-state index in [0.717, 1.165) is 0 Å². The second kappa shape index (κ2) is 7.42. The van der Waals surface area contributed by atoms with Gasteiger partial charge in [0.25, 0.3) is 6.36 Å². The maximum atomic E-state index is 13.3. The lowest BCUT2D eigenvalue weighted by Crippen LogP contribution is -2.56. The molecule has 0 saturated heterocycles. The largest absolute Gasteiger partial charge is 0.462 e. The average Bonchev–Trinajstić information content (AvgIpc) is 2.35. The van der Waals surface area contributed by atoms with Crippen LogP contribution in [0.1, 0.15) is 13.8 Å². The van der Waals surface area contributed by atoms with Crippen molar-refractivity contribution in [3.63, 3.8) is 0 Å². The fourth-order valence-electron chi connectivity index (χ4n) is 1.11. The second-order valence-electron chi connectivity index (χ2n) is 4.82. The Morgan fingerprint density at radius 3 is 1.72 bits per heavy atom. The fraction of sp³-hybridized carbons (Fsp3) is 1.00. The molecule has 4 nitrogen and oxygen atoms in total. The minimum atomic E-state index is -7.05. The molecule has 0 radical (unpaired) electrons. The van der Waals surface area contributed by atoms with Gasteiger partial charge in [-0.25, -0.2) is 12.8 Å². The molecule has 0 amide bonds. The Balaban J connectivity index is 5.35. The van der Waals surface area contributed by atoms with Gasteiger partial charge in [0.15, 0.2) is 0 Å². The van der Waals surface area contributed by atoms with Crippen LogP contribution in [0.25, 0.3) is 0 Å². The Bertz CT molecular complexity index is 542. The zero-order valence-electron chi connectivity index (χ0n) is 12.4. The van der Waals surface area contributed by atoms with Crippen LogP contribution in [0.15, 0.2) is 0 Å². The first-order valence-corrected chi connectivity index (χ1v) is 7.81. The molecule has 0 bridgehead atoms. The first-order valence-electron chi connectivity index (χ1n) is 6.15. The van der Waals surface area contributed by atoms with E-state index in [1.807, 2.05) is 0 Å². The fourth-order valence-corrected chi connectivity index (χ4v) is 2.03. The van der Waals surface area contributed by atoms with Crippen LogP contribution in [0.5, 0.6) is 0 Å². The molecule has 0 aromatic heterocycles. The van der Waals surface area contributed by atoms with E-state index in [2.05, 4.69) is 9.47 Å². The molecule has 0 spiro atoms. The Morgan fingerprint density at radius 1 is 0.920 bits per heavy atom. The van der Waals surface area contributed by atoms with E-state index in [4.69, 9.17) is 0 Å². The Labute approximate surface area is 135 Å². The highest BCUT2D eigenvalue weighted by atomic mass is 32.2. The van der Waals surface area contributed by atoms with Gasteiger partial charge in [0.05, 0.1) is 18.5 Å². The lowest BCUT2D eigenvalue weighted by Gasteiger charge is -2.30. The number of rotatable bonds is 9. The maximum Gasteiger partial charge on any atom is 0.462 e. The van der Waals surface area contributed by atoms with Crippen LogP contribution in [0.3, 0.4) is 0 Å². The lowest BCUT2D eigenvalue weighted by molar-refractivity contribution is -0.446. The van der Waals surface area contributed by atoms with Crippen molar-refractivity contribution in [1.82, 2.24) is 0 Å². The standard InChI is InChI=1S/C10H12F10O4S/c1-5(2)23-3-4-25(21,22)7(12,13)6(11)24-10(19,20)8(14,15)9(16,17)18/h5-6H,3-4H2,1-2H3. The molecule has 0 aliphatic heterocycles. The highest BCUT2D eigenvalue weighted by molar-refractivity contribution is 7.92. The van der Waals surface area contributed by atoms with Crippen molar-refractivity contribution in [3.8, 4) is 0 Å². The van der Waals surface area contributed by atoms with E-state index in [0.29, 0.717) is 0 Å². The van der Waals surface area contributed by atoms with Gasteiger partial charge in [0.2, 0.25) is 9.84 Å². The molecule has 1 atom stereocenters. The zero-order chi connectivity index (χ0) is 20.5. The molecule has 0 fully saturated rings. The van der Waals surface area contributed by atoms with Crippen molar-refractivity contribution in [2.75, 3.05) is 12.4 Å². The van der Waals surface area contributed by atoms with Gasteiger partial charge in [-0.05, 0) is 13.8 Å². The number of sulfone groups is 1. The lowest BCUT2D eigenvalue weighted by atomic mass is 10.3. The Hall–Kier alpha value is -0.830. The summed E-state index contributed by atoms with van der Waals surface area (Å²) >= 11 is 0. The van der Waals surface area contributed by atoms with E-state index >= 15 is 0 Å². The normalized spacial score (nSPS) is 16.4. The predicted octanol–water partition coefficient (Wildman–Crippen LogP) is 3.52. The van der Waals surface area contributed by atoms with Gasteiger partial charge in [-0.15, -0.1) is 0 Å². The van der Waals surface area contributed by atoms with Crippen LogP contribution >= 0.6 is 0 Å². The van der Waals surface area contributed by atoms with Gasteiger partial charge in [0.1, 0.15) is 0 Å². The molecule has 152 valence electrons. The third-order valence-electron chi connectivity index (χ3n) is 2.46. The monoisotopic (exact) mass is 418 g/mol. The van der Waals surface area contributed by atoms with Gasteiger partial charge in [-0.2, -0.15) is 39.5 Å². The molecule has 15 heteroatoms.